The third kappa shape index (κ3) is 5.50. The van der Waals surface area contributed by atoms with Crippen LogP contribution in [0.4, 0.5) is 0 Å². The molecule has 25 heavy (non-hydrogen) atoms. The number of hydrogen-bond donors (Lipinski definition) is 2. The van der Waals surface area contributed by atoms with Gasteiger partial charge in [0, 0.05) is 10.8 Å². The lowest BCUT2D eigenvalue weighted by Gasteiger charge is -2.28. The Bertz CT molecular complexity index is 706. The first-order valence-electron chi connectivity index (χ1n) is 8.22. The van der Waals surface area contributed by atoms with Crippen molar-refractivity contribution in [1.29, 1.82) is 0 Å². The molecule has 0 saturated carbocycles. The molecule has 0 fully saturated rings. The largest absolute Gasteiger partial charge is 0.386 e. The summed E-state index contributed by atoms with van der Waals surface area (Å²) >= 11 is 7.70. The van der Waals surface area contributed by atoms with Gasteiger partial charge in [0.2, 0.25) is 5.91 Å². The van der Waals surface area contributed by atoms with Gasteiger partial charge >= 0.3 is 0 Å². The molecule has 2 rings (SSSR count). The first-order chi connectivity index (χ1) is 11.8. The van der Waals surface area contributed by atoms with Gasteiger partial charge in [0.05, 0.1) is 16.9 Å². The van der Waals surface area contributed by atoms with Crippen LogP contribution in [0.5, 0.6) is 0 Å². The van der Waals surface area contributed by atoms with Gasteiger partial charge < -0.3 is 10.4 Å². The van der Waals surface area contributed by atoms with Crippen LogP contribution in [0.25, 0.3) is 0 Å². The second-order valence-corrected chi connectivity index (χ2v) is 8.51. The molecule has 5 heteroatoms. The minimum atomic E-state index is -0.741. The molecule has 0 heterocycles. The molecule has 0 aliphatic rings. The molecule has 0 radical (unpaired) electrons. The number of nitrogens with one attached hydrogen (secondary N) is 1. The topological polar surface area (TPSA) is 49.3 Å². The molecule has 0 saturated heterocycles. The molecule has 134 valence electrons. The Kier molecular flexibility index (Phi) is 6.94. The van der Waals surface area contributed by atoms with Gasteiger partial charge in [-0.15, -0.1) is 11.8 Å². The van der Waals surface area contributed by atoms with Gasteiger partial charge in [-0.2, -0.15) is 0 Å². The minimum Gasteiger partial charge on any atom is -0.386 e. The molecule has 2 N–H and O–H groups in total. The molecular weight excluding hydrogens is 354 g/mol. The molecule has 0 spiro atoms. The lowest BCUT2D eigenvalue weighted by atomic mass is 10.0. The van der Waals surface area contributed by atoms with Gasteiger partial charge in [-0.3, -0.25) is 4.79 Å². The first kappa shape index (κ1) is 19.8. The van der Waals surface area contributed by atoms with Crippen LogP contribution in [0.2, 0.25) is 5.02 Å². The monoisotopic (exact) mass is 377 g/mol. The molecule has 1 amide bonds. The molecule has 2 atom stereocenters. The summed E-state index contributed by atoms with van der Waals surface area (Å²) in [6, 6.07) is 16.6. The van der Waals surface area contributed by atoms with Crippen molar-refractivity contribution in [3.8, 4) is 0 Å². The van der Waals surface area contributed by atoms with Crippen LogP contribution >= 0.6 is 23.4 Å². The third-order valence-electron chi connectivity index (χ3n) is 4.07. The summed E-state index contributed by atoms with van der Waals surface area (Å²) in [4.78, 5) is 12.6. The van der Waals surface area contributed by atoms with Gasteiger partial charge in [0.15, 0.2) is 0 Å². The van der Waals surface area contributed by atoms with Crippen LogP contribution in [-0.2, 0) is 10.5 Å². The molecule has 2 aromatic carbocycles. The number of benzene rings is 2. The van der Waals surface area contributed by atoms with E-state index >= 15 is 0 Å². The van der Waals surface area contributed by atoms with Gasteiger partial charge in [0.1, 0.15) is 0 Å². The second-order valence-electron chi connectivity index (χ2n) is 6.51. The number of aliphatic hydroxyl groups excluding tert-OH is 1. The fraction of sp³-hybridized carbons (Fsp3) is 0.350. The maximum atomic E-state index is 12.6. The molecule has 0 unspecified atom stereocenters. The zero-order valence-electron chi connectivity index (χ0n) is 14.7. The smallest absolute Gasteiger partial charge is 0.235 e. The molecular formula is C20H24ClNO2S. The average Bonchev–Trinajstić information content (AvgIpc) is 2.61. The zero-order chi connectivity index (χ0) is 18.4. The SMILES string of the molecule is C[C@H](NC(=O)C(C)(C)SCc1ccccc1Cl)[C@@H](O)c1ccccc1. The maximum absolute atomic E-state index is 12.6. The lowest BCUT2D eigenvalue weighted by Crippen LogP contribution is -2.46. The highest BCUT2D eigenvalue weighted by atomic mass is 35.5. The summed E-state index contributed by atoms with van der Waals surface area (Å²) < 4.78 is -0.635. The van der Waals surface area contributed by atoms with Crippen LogP contribution in [0.3, 0.4) is 0 Å². The number of amides is 1. The van der Waals surface area contributed by atoms with Crippen molar-refractivity contribution in [3.63, 3.8) is 0 Å². The Morgan fingerprint density at radius 2 is 1.76 bits per heavy atom. The van der Waals surface area contributed by atoms with Crippen LogP contribution in [0.15, 0.2) is 54.6 Å². The highest BCUT2D eigenvalue weighted by Gasteiger charge is 2.31. The van der Waals surface area contributed by atoms with Crippen molar-refractivity contribution < 1.29 is 9.90 Å². The summed E-state index contributed by atoms with van der Waals surface area (Å²) in [6.07, 6.45) is -0.741. The van der Waals surface area contributed by atoms with Crippen molar-refractivity contribution >= 4 is 29.3 Å². The van der Waals surface area contributed by atoms with Crippen molar-refractivity contribution in [1.82, 2.24) is 5.32 Å². The number of rotatable bonds is 7. The Labute approximate surface area is 158 Å². The summed E-state index contributed by atoms with van der Waals surface area (Å²) in [5.74, 6) is 0.544. The third-order valence-corrected chi connectivity index (χ3v) is 5.80. The lowest BCUT2D eigenvalue weighted by molar-refractivity contribution is -0.124. The summed E-state index contributed by atoms with van der Waals surface area (Å²) in [6.45, 7) is 5.57. The predicted octanol–water partition coefficient (Wildman–Crippen LogP) is 4.59. The zero-order valence-corrected chi connectivity index (χ0v) is 16.3. The quantitative estimate of drug-likeness (QED) is 0.741. The number of carbonyl (C=O) groups is 1. The number of halogens is 1. The molecule has 0 aromatic heterocycles. The second kappa shape index (κ2) is 8.75. The van der Waals surface area contributed by atoms with E-state index in [0.717, 1.165) is 11.1 Å². The van der Waals surface area contributed by atoms with Crippen molar-refractivity contribution in [2.24, 2.45) is 0 Å². The Balaban J connectivity index is 1.95. The van der Waals surface area contributed by atoms with Crippen molar-refractivity contribution in [3.05, 3.63) is 70.7 Å². The van der Waals surface area contributed by atoms with Crippen LogP contribution in [0, 0.1) is 0 Å². The normalized spacial score (nSPS) is 14.0. The van der Waals surface area contributed by atoms with Crippen molar-refractivity contribution in [2.45, 2.75) is 43.4 Å². The van der Waals surface area contributed by atoms with E-state index in [1.807, 2.05) is 75.4 Å². The Hall–Kier alpha value is -1.49. The van der Waals surface area contributed by atoms with Gasteiger partial charge in [-0.1, -0.05) is 60.1 Å². The van der Waals surface area contributed by atoms with E-state index < -0.39 is 10.9 Å². The minimum absolute atomic E-state index is 0.105. The first-order valence-corrected chi connectivity index (χ1v) is 9.59. The summed E-state index contributed by atoms with van der Waals surface area (Å²) in [5.41, 5.74) is 1.80. The van der Waals surface area contributed by atoms with E-state index in [4.69, 9.17) is 11.6 Å². The number of carbonyl (C=O) groups excluding carboxylic acids is 1. The molecule has 3 nitrogen and oxygen atoms in total. The van der Waals surface area contributed by atoms with Gasteiger partial charge in [-0.25, -0.2) is 0 Å². The van der Waals surface area contributed by atoms with E-state index in [0.29, 0.717) is 10.8 Å². The fourth-order valence-corrected chi connectivity index (χ4v) is 3.58. The van der Waals surface area contributed by atoms with Gasteiger partial charge in [-0.05, 0) is 38.0 Å². The summed E-state index contributed by atoms with van der Waals surface area (Å²) in [5, 5.41) is 14.0. The molecule has 0 bridgehead atoms. The average molecular weight is 378 g/mol. The van der Waals surface area contributed by atoms with Crippen LogP contribution in [0.1, 0.15) is 38.0 Å². The highest BCUT2D eigenvalue weighted by molar-refractivity contribution is 8.00. The predicted molar refractivity (Wildman–Crippen MR) is 106 cm³/mol. The number of hydrogen-bond acceptors (Lipinski definition) is 3. The Morgan fingerprint density at radius 1 is 1.16 bits per heavy atom. The van der Waals surface area contributed by atoms with E-state index in [1.54, 1.807) is 0 Å². The van der Waals surface area contributed by atoms with E-state index in [-0.39, 0.29) is 11.9 Å². The number of aliphatic hydroxyl groups is 1. The van der Waals surface area contributed by atoms with E-state index in [9.17, 15) is 9.90 Å². The Morgan fingerprint density at radius 3 is 2.40 bits per heavy atom. The molecule has 0 aliphatic heterocycles. The fourth-order valence-electron chi connectivity index (χ4n) is 2.34. The van der Waals surface area contributed by atoms with Gasteiger partial charge in [0.25, 0.3) is 0 Å². The number of thioether (sulfide) groups is 1. The summed E-state index contributed by atoms with van der Waals surface area (Å²) in [7, 11) is 0. The van der Waals surface area contributed by atoms with E-state index in [1.165, 1.54) is 11.8 Å². The van der Waals surface area contributed by atoms with Crippen molar-refractivity contribution in [2.75, 3.05) is 0 Å². The van der Waals surface area contributed by atoms with Crippen LogP contribution in [-0.4, -0.2) is 21.8 Å². The molecule has 0 aliphatic carbocycles. The maximum Gasteiger partial charge on any atom is 0.235 e. The standard InChI is InChI=1S/C20H24ClNO2S/c1-14(18(23)15-9-5-4-6-10-15)22-19(24)20(2,3)25-13-16-11-7-8-12-17(16)21/h4-12,14,18,23H,13H2,1-3H3,(H,22,24)/t14-,18+/m0/s1. The van der Waals surface area contributed by atoms with E-state index in [2.05, 4.69) is 5.32 Å². The van der Waals surface area contributed by atoms with Crippen LogP contribution < -0.4 is 5.32 Å². The highest BCUT2D eigenvalue weighted by Crippen LogP contribution is 2.31. The molecule has 2 aromatic rings.